The Labute approximate surface area is 103 Å². The van der Waals surface area contributed by atoms with Crippen molar-refractivity contribution < 1.29 is 9.66 Å². The predicted octanol–water partition coefficient (Wildman–Crippen LogP) is 3.66. The highest BCUT2D eigenvalue weighted by Crippen LogP contribution is 2.39. The molecule has 1 aromatic rings. The van der Waals surface area contributed by atoms with E-state index in [1.54, 1.807) is 13.2 Å². The van der Waals surface area contributed by atoms with E-state index in [4.69, 9.17) is 4.74 Å². The zero-order valence-electron chi connectivity index (χ0n) is 9.70. The number of rotatable bonds is 2. The van der Waals surface area contributed by atoms with Crippen molar-refractivity contribution >= 4 is 21.6 Å². The van der Waals surface area contributed by atoms with Crippen molar-refractivity contribution in [3.8, 4) is 5.75 Å². The number of hydrogen-bond donors (Lipinski definition) is 0. The number of non-ortho nitro benzene ring substituents is 1. The molecule has 0 spiro atoms. The van der Waals surface area contributed by atoms with Crippen molar-refractivity contribution in [2.45, 2.75) is 26.2 Å². The monoisotopic (exact) mass is 287 g/mol. The zero-order chi connectivity index (χ0) is 12.5. The summed E-state index contributed by atoms with van der Waals surface area (Å²) in [6.07, 6.45) is 0. The van der Waals surface area contributed by atoms with Gasteiger partial charge < -0.3 is 4.74 Å². The second kappa shape index (κ2) is 4.41. The van der Waals surface area contributed by atoms with Gasteiger partial charge in [-0.1, -0.05) is 20.8 Å². The minimum Gasteiger partial charge on any atom is -0.495 e. The highest BCUT2D eigenvalue weighted by Gasteiger charge is 2.24. The van der Waals surface area contributed by atoms with E-state index < -0.39 is 4.92 Å². The molecule has 0 aromatic heterocycles. The number of hydrogen-bond acceptors (Lipinski definition) is 3. The van der Waals surface area contributed by atoms with Gasteiger partial charge in [-0.25, -0.2) is 0 Å². The first kappa shape index (κ1) is 13.0. The molecule has 0 aliphatic rings. The van der Waals surface area contributed by atoms with Gasteiger partial charge in [0.25, 0.3) is 5.69 Å². The number of benzene rings is 1. The highest BCUT2D eigenvalue weighted by atomic mass is 79.9. The number of methoxy groups -OCH3 is 1. The summed E-state index contributed by atoms with van der Waals surface area (Å²) >= 11 is 3.29. The Morgan fingerprint density at radius 1 is 1.38 bits per heavy atom. The molecule has 16 heavy (non-hydrogen) atoms. The fourth-order valence-corrected chi connectivity index (χ4v) is 2.06. The fraction of sp³-hybridized carbons (Fsp3) is 0.455. The fourth-order valence-electron chi connectivity index (χ4n) is 1.45. The molecule has 0 aliphatic carbocycles. The van der Waals surface area contributed by atoms with E-state index in [2.05, 4.69) is 15.9 Å². The van der Waals surface area contributed by atoms with Crippen LogP contribution in [0.3, 0.4) is 0 Å². The van der Waals surface area contributed by atoms with Gasteiger partial charge >= 0.3 is 0 Å². The summed E-state index contributed by atoms with van der Waals surface area (Å²) in [5, 5.41) is 10.8. The van der Waals surface area contributed by atoms with Crippen molar-refractivity contribution in [2.24, 2.45) is 0 Å². The maximum absolute atomic E-state index is 10.8. The number of nitrogens with zero attached hydrogens (tertiary/aromatic N) is 1. The first-order chi connectivity index (χ1) is 7.27. The van der Waals surface area contributed by atoms with Crippen LogP contribution < -0.4 is 4.74 Å². The van der Waals surface area contributed by atoms with Crippen LogP contribution in [0.4, 0.5) is 5.69 Å². The van der Waals surface area contributed by atoms with Gasteiger partial charge in [0, 0.05) is 17.7 Å². The molecule has 0 saturated carbocycles. The maximum atomic E-state index is 10.8. The summed E-state index contributed by atoms with van der Waals surface area (Å²) in [5.41, 5.74) is 0.675. The molecular formula is C11H14BrNO3. The van der Waals surface area contributed by atoms with Crippen LogP contribution in [0.25, 0.3) is 0 Å². The van der Waals surface area contributed by atoms with Crippen molar-refractivity contribution in [3.05, 3.63) is 32.3 Å². The molecule has 0 radical (unpaired) electrons. The van der Waals surface area contributed by atoms with Gasteiger partial charge in [0.1, 0.15) is 5.75 Å². The van der Waals surface area contributed by atoms with Crippen LogP contribution in [0.15, 0.2) is 16.6 Å². The third kappa shape index (κ3) is 2.52. The van der Waals surface area contributed by atoms with E-state index in [-0.39, 0.29) is 11.1 Å². The van der Waals surface area contributed by atoms with E-state index in [9.17, 15) is 10.1 Å². The Bertz CT molecular complexity index is 424. The largest absolute Gasteiger partial charge is 0.495 e. The van der Waals surface area contributed by atoms with Gasteiger partial charge in [0.15, 0.2) is 0 Å². The van der Waals surface area contributed by atoms with Crippen LogP contribution in [-0.4, -0.2) is 12.0 Å². The van der Waals surface area contributed by atoms with Crippen molar-refractivity contribution in [2.75, 3.05) is 7.11 Å². The summed E-state index contributed by atoms with van der Waals surface area (Å²) in [5.74, 6) is 0.651. The smallest absolute Gasteiger partial charge is 0.271 e. The second-order valence-electron chi connectivity index (χ2n) is 4.52. The topological polar surface area (TPSA) is 52.4 Å². The van der Waals surface area contributed by atoms with E-state index in [1.807, 2.05) is 20.8 Å². The molecule has 88 valence electrons. The van der Waals surface area contributed by atoms with Gasteiger partial charge in [-0.05, 0) is 21.3 Å². The number of ether oxygens (including phenoxy) is 1. The van der Waals surface area contributed by atoms with Gasteiger partial charge in [-0.15, -0.1) is 0 Å². The first-order valence-electron chi connectivity index (χ1n) is 4.79. The molecule has 0 saturated heterocycles. The molecule has 0 heterocycles. The molecule has 0 fully saturated rings. The van der Waals surface area contributed by atoms with E-state index in [0.29, 0.717) is 10.2 Å². The van der Waals surface area contributed by atoms with E-state index in [1.165, 1.54) is 6.07 Å². The average molecular weight is 288 g/mol. The molecule has 0 bridgehead atoms. The quantitative estimate of drug-likeness (QED) is 0.616. The Hall–Kier alpha value is -1.10. The molecule has 4 nitrogen and oxygen atoms in total. The lowest BCUT2D eigenvalue weighted by molar-refractivity contribution is -0.385. The standard InChI is InChI=1S/C11H14BrNO3/c1-11(2,3)8-5-7(13(14)15)6-9(12)10(8)16-4/h5-6H,1-4H3. The number of halogens is 1. The zero-order valence-corrected chi connectivity index (χ0v) is 11.3. The van der Waals surface area contributed by atoms with Crippen LogP contribution in [0.5, 0.6) is 5.75 Å². The summed E-state index contributed by atoms with van der Waals surface area (Å²) in [6, 6.07) is 3.01. The highest BCUT2D eigenvalue weighted by molar-refractivity contribution is 9.10. The molecule has 0 N–H and O–H groups in total. The molecule has 0 aliphatic heterocycles. The van der Waals surface area contributed by atoms with Crippen LogP contribution in [-0.2, 0) is 5.41 Å². The normalized spacial score (nSPS) is 11.3. The first-order valence-corrected chi connectivity index (χ1v) is 5.59. The minimum atomic E-state index is -0.403. The Balaban J connectivity index is 3.49. The Kier molecular flexibility index (Phi) is 3.57. The maximum Gasteiger partial charge on any atom is 0.271 e. The van der Waals surface area contributed by atoms with Crippen LogP contribution in [0, 0.1) is 10.1 Å². The van der Waals surface area contributed by atoms with Gasteiger partial charge in [-0.2, -0.15) is 0 Å². The molecule has 1 aromatic carbocycles. The second-order valence-corrected chi connectivity index (χ2v) is 5.37. The lowest BCUT2D eigenvalue weighted by atomic mass is 9.86. The predicted molar refractivity (Wildman–Crippen MR) is 66.0 cm³/mol. The van der Waals surface area contributed by atoms with Crippen LogP contribution in [0.1, 0.15) is 26.3 Å². The summed E-state index contributed by atoms with van der Waals surface area (Å²) < 4.78 is 5.87. The third-order valence-electron chi connectivity index (χ3n) is 2.25. The summed E-state index contributed by atoms with van der Waals surface area (Å²) in [6.45, 7) is 5.96. The van der Waals surface area contributed by atoms with E-state index in [0.717, 1.165) is 5.56 Å². The molecule has 1 rings (SSSR count). The third-order valence-corrected chi connectivity index (χ3v) is 2.84. The minimum absolute atomic E-state index is 0.0672. The summed E-state index contributed by atoms with van der Waals surface area (Å²) in [7, 11) is 1.56. The lowest BCUT2D eigenvalue weighted by Crippen LogP contribution is -2.13. The molecule has 5 heteroatoms. The van der Waals surface area contributed by atoms with Crippen LogP contribution in [0.2, 0.25) is 0 Å². The molecule has 0 atom stereocenters. The molecule has 0 unspecified atom stereocenters. The van der Waals surface area contributed by atoms with Gasteiger partial charge in [0.05, 0.1) is 16.5 Å². The molecule has 0 amide bonds. The van der Waals surface area contributed by atoms with Gasteiger partial charge in [0.2, 0.25) is 0 Å². The lowest BCUT2D eigenvalue weighted by Gasteiger charge is -2.22. The molecular weight excluding hydrogens is 274 g/mol. The number of nitro benzene ring substituents is 1. The number of nitro groups is 1. The van der Waals surface area contributed by atoms with E-state index >= 15 is 0 Å². The summed E-state index contributed by atoms with van der Waals surface area (Å²) in [4.78, 5) is 10.4. The van der Waals surface area contributed by atoms with Crippen molar-refractivity contribution in [1.82, 2.24) is 0 Å². The Morgan fingerprint density at radius 3 is 2.31 bits per heavy atom. The van der Waals surface area contributed by atoms with Crippen molar-refractivity contribution in [3.63, 3.8) is 0 Å². The average Bonchev–Trinajstić information content (AvgIpc) is 2.14. The van der Waals surface area contributed by atoms with Gasteiger partial charge in [-0.3, -0.25) is 10.1 Å². The van der Waals surface area contributed by atoms with Crippen molar-refractivity contribution in [1.29, 1.82) is 0 Å². The van der Waals surface area contributed by atoms with Crippen LogP contribution >= 0.6 is 15.9 Å². The Morgan fingerprint density at radius 2 is 1.94 bits per heavy atom. The SMILES string of the molecule is COc1c(Br)cc([N+](=O)[O-])cc1C(C)(C)C.